The van der Waals surface area contributed by atoms with Gasteiger partial charge >= 0.3 is 0 Å². The molecule has 1 amide bonds. The number of carbonyl (C=O) groups excluding carboxylic acids is 1. The molecule has 0 fully saturated rings. The van der Waals surface area contributed by atoms with Crippen LogP contribution in [-0.2, 0) is 6.54 Å². The number of amides is 1. The Morgan fingerprint density at radius 2 is 2.05 bits per heavy atom. The largest absolute Gasteiger partial charge is 0.381 e. The molecular formula is C16H16ClFN2O. The summed E-state index contributed by atoms with van der Waals surface area (Å²) in [6.07, 6.45) is 0. The van der Waals surface area contributed by atoms with Gasteiger partial charge in [0.05, 0.1) is 0 Å². The standard InChI is InChI=1S/C16H16ClFN2O/c1-10-13(16(21)19-2)4-3-5-15(10)20-9-11-6-7-12(17)8-14(11)18/h3-8,20H,9H2,1-2H3,(H,19,21). The van der Waals surface area contributed by atoms with Gasteiger partial charge in [-0.1, -0.05) is 23.7 Å². The molecule has 0 aromatic heterocycles. The summed E-state index contributed by atoms with van der Waals surface area (Å²) >= 11 is 5.73. The van der Waals surface area contributed by atoms with Crippen molar-refractivity contribution >= 4 is 23.2 Å². The first kappa shape index (κ1) is 15.3. The molecule has 2 aromatic carbocycles. The van der Waals surface area contributed by atoms with E-state index in [0.717, 1.165) is 11.3 Å². The van der Waals surface area contributed by atoms with Crippen LogP contribution in [0.15, 0.2) is 36.4 Å². The molecule has 0 aliphatic carbocycles. The van der Waals surface area contributed by atoms with Gasteiger partial charge in [0.15, 0.2) is 0 Å². The van der Waals surface area contributed by atoms with Crippen molar-refractivity contribution in [3.63, 3.8) is 0 Å². The zero-order valence-corrected chi connectivity index (χ0v) is 12.6. The summed E-state index contributed by atoms with van der Waals surface area (Å²) in [5, 5.41) is 6.11. The highest BCUT2D eigenvalue weighted by molar-refractivity contribution is 6.30. The van der Waals surface area contributed by atoms with Gasteiger partial charge in [-0.3, -0.25) is 4.79 Å². The summed E-state index contributed by atoms with van der Waals surface area (Å²) in [6.45, 7) is 2.17. The maximum Gasteiger partial charge on any atom is 0.251 e. The molecule has 2 aromatic rings. The Morgan fingerprint density at radius 1 is 1.29 bits per heavy atom. The number of halogens is 2. The Kier molecular flexibility index (Phi) is 4.81. The van der Waals surface area contributed by atoms with Crippen LogP contribution in [0, 0.1) is 12.7 Å². The molecule has 0 radical (unpaired) electrons. The van der Waals surface area contributed by atoms with E-state index in [1.54, 1.807) is 31.3 Å². The van der Waals surface area contributed by atoms with E-state index < -0.39 is 0 Å². The lowest BCUT2D eigenvalue weighted by Gasteiger charge is -2.13. The van der Waals surface area contributed by atoms with Crippen molar-refractivity contribution in [3.05, 3.63) is 63.9 Å². The van der Waals surface area contributed by atoms with Crippen LogP contribution in [0.5, 0.6) is 0 Å². The van der Waals surface area contributed by atoms with Crippen LogP contribution in [0.2, 0.25) is 5.02 Å². The monoisotopic (exact) mass is 306 g/mol. The quantitative estimate of drug-likeness (QED) is 0.903. The molecule has 0 aliphatic rings. The van der Waals surface area contributed by atoms with Crippen molar-refractivity contribution < 1.29 is 9.18 Å². The van der Waals surface area contributed by atoms with Crippen molar-refractivity contribution in [3.8, 4) is 0 Å². The maximum absolute atomic E-state index is 13.7. The van der Waals surface area contributed by atoms with E-state index in [0.29, 0.717) is 22.7 Å². The third-order valence-corrected chi connectivity index (χ3v) is 3.52. The van der Waals surface area contributed by atoms with Crippen molar-refractivity contribution in [2.24, 2.45) is 0 Å². The summed E-state index contributed by atoms with van der Waals surface area (Å²) in [5.41, 5.74) is 2.74. The van der Waals surface area contributed by atoms with E-state index >= 15 is 0 Å². The lowest BCUT2D eigenvalue weighted by molar-refractivity contribution is 0.0962. The fourth-order valence-corrected chi connectivity index (χ4v) is 2.22. The van der Waals surface area contributed by atoms with Crippen molar-refractivity contribution in [1.29, 1.82) is 0 Å². The van der Waals surface area contributed by atoms with Gasteiger partial charge in [-0.25, -0.2) is 4.39 Å². The number of anilines is 1. The normalized spacial score (nSPS) is 10.3. The molecule has 3 nitrogen and oxygen atoms in total. The molecule has 0 heterocycles. The minimum Gasteiger partial charge on any atom is -0.381 e. The van der Waals surface area contributed by atoms with Crippen LogP contribution >= 0.6 is 11.6 Å². The number of carbonyl (C=O) groups is 1. The fraction of sp³-hybridized carbons (Fsp3) is 0.188. The third-order valence-electron chi connectivity index (χ3n) is 3.29. The lowest BCUT2D eigenvalue weighted by atomic mass is 10.1. The number of hydrogen-bond acceptors (Lipinski definition) is 2. The molecule has 0 saturated carbocycles. The van der Waals surface area contributed by atoms with Gasteiger partial charge in [-0.05, 0) is 36.8 Å². The van der Waals surface area contributed by atoms with Gasteiger partial charge < -0.3 is 10.6 Å². The molecule has 0 unspecified atom stereocenters. The predicted octanol–water partition coefficient (Wildman–Crippen LogP) is 3.76. The summed E-state index contributed by atoms with van der Waals surface area (Å²) in [7, 11) is 1.59. The molecule has 2 N–H and O–H groups in total. The molecule has 0 spiro atoms. The van der Waals surface area contributed by atoms with E-state index in [1.165, 1.54) is 6.07 Å². The van der Waals surface area contributed by atoms with Gasteiger partial charge in [0.2, 0.25) is 0 Å². The zero-order valence-electron chi connectivity index (χ0n) is 11.8. The fourth-order valence-electron chi connectivity index (χ4n) is 2.06. The van der Waals surface area contributed by atoms with Crippen LogP contribution < -0.4 is 10.6 Å². The molecule has 110 valence electrons. The van der Waals surface area contributed by atoms with Gasteiger partial charge in [0, 0.05) is 35.4 Å². The van der Waals surface area contributed by atoms with Gasteiger partial charge in [0.1, 0.15) is 5.82 Å². The molecule has 21 heavy (non-hydrogen) atoms. The van der Waals surface area contributed by atoms with E-state index in [9.17, 15) is 9.18 Å². The zero-order chi connectivity index (χ0) is 15.4. The molecule has 0 aliphatic heterocycles. The minimum atomic E-state index is -0.352. The summed E-state index contributed by atoms with van der Waals surface area (Å²) < 4.78 is 13.7. The SMILES string of the molecule is CNC(=O)c1cccc(NCc2ccc(Cl)cc2F)c1C. The van der Waals surface area contributed by atoms with Crippen molar-refractivity contribution in [2.75, 3.05) is 12.4 Å². The number of hydrogen-bond donors (Lipinski definition) is 2. The Labute approximate surface area is 128 Å². The topological polar surface area (TPSA) is 41.1 Å². The average molecular weight is 307 g/mol. The Morgan fingerprint density at radius 3 is 2.71 bits per heavy atom. The van der Waals surface area contributed by atoms with E-state index in [1.807, 2.05) is 13.0 Å². The number of nitrogens with one attached hydrogen (secondary N) is 2. The summed E-state index contributed by atoms with van der Waals surface area (Å²) in [6, 6.07) is 9.97. The second-order valence-electron chi connectivity index (χ2n) is 4.65. The second kappa shape index (κ2) is 6.59. The van der Waals surface area contributed by atoms with E-state index in [-0.39, 0.29) is 11.7 Å². The Hall–Kier alpha value is -2.07. The van der Waals surface area contributed by atoms with Crippen LogP contribution in [0.1, 0.15) is 21.5 Å². The molecule has 5 heteroatoms. The smallest absolute Gasteiger partial charge is 0.251 e. The Bertz CT molecular complexity index is 673. The first-order valence-corrected chi connectivity index (χ1v) is 6.90. The molecule has 0 atom stereocenters. The average Bonchev–Trinajstić information content (AvgIpc) is 2.47. The van der Waals surface area contributed by atoms with Crippen LogP contribution in [0.25, 0.3) is 0 Å². The van der Waals surface area contributed by atoms with Crippen molar-refractivity contribution in [2.45, 2.75) is 13.5 Å². The highest BCUT2D eigenvalue weighted by Crippen LogP contribution is 2.21. The van der Waals surface area contributed by atoms with Crippen LogP contribution in [0.4, 0.5) is 10.1 Å². The predicted molar refractivity (Wildman–Crippen MR) is 83.3 cm³/mol. The van der Waals surface area contributed by atoms with E-state index in [2.05, 4.69) is 10.6 Å². The first-order valence-electron chi connectivity index (χ1n) is 6.52. The summed E-state index contributed by atoms with van der Waals surface area (Å²) in [5.74, 6) is -0.496. The molecule has 0 bridgehead atoms. The molecular weight excluding hydrogens is 291 g/mol. The highest BCUT2D eigenvalue weighted by atomic mass is 35.5. The third kappa shape index (κ3) is 3.52. The molecule has 0 saturated heterocycles. The van der Waals surface area contributed by atoms with E-state index in [4.69, 9.17) is 11.6 Å². The van der Waals surface area contributed by atoms with Crippen LogP contribution in [0.3, 0.4) is 0 Å². The Balaban J connectivity index is 2.18. The maximum atomic E-state index is 13.7. The second-order valence-corrected chi connectivity index (χ2v) is 5.08. The molecule has 2 rings (SSSR count). The number of benzene rings is 2. The van der Waals surface area contributed by atoms with Gasteiger partial charge in [0.25, 0.3) is 5.91 Å². The van der Waals surface area contributed by atoms with Crippen molar-refractivity contribution in [1.82, 2.24) is 5.32 Å². The van der Waals surface area contributed by atoms with Gasteiger partial charge in [-0.15, -0.1) is 0 Å². The van der Waals surface area contributed by atoms with Crippen LogP contribution in [-0.4, -0.2) is 13.0 Å². The lowest BCUT2D eigenvalue weighted by Crippen LogP contribution is -2.19. The highest BCUT2D eigenvalue weighted by Gasteiger charge is 2.10. The first-order chi connectivity index (χ1) is 10.0. The van der Waals surface area contributed by atoms with Gasteiger partial charge in [-0.2, -0.15) is 0 Å². The summed E-state index contributed by atoms with van der Waals surface area (Å²) in [4.78, 5) is 11.7. The minimum absolute atomic E-state index is 0.145. The number of rotatable bonds is 4.